The number of thiophene rings is 1. The summed E-state index contributed by atoms with van der Waals surface area (Å²) in [5.74, 6) is 0.325. The third-order valence-corrected chi connectivity index (χ3v) is 4.91. The molecule has 1 N–H and O–H groups in total. The molecule has 0 bridgehead atoms. The first-order valence-corrected chi connectivity index (χ1v) is 8.45. The van der Waals surface area contributed by atoms with E-state index >= 15 is 0 Å². The first-order valence-electron chi connectivity index (χ1n) is 7.57. The Labute approximate surface area is 134 Å². The second-order valence-corrected chi connectivity index (χ2v) is 6.59. The van der Waals surface area contributed by atoms with E-state index in [1.165, 1.54) is 12.1 Å². The maximum Gasteiger partial charge on any atom is 0.126 e. The molecule has 118 valence electrons. The molecule has 0 spiro atoms. The molecule has 1 aromatic carbocycles. The first-order chi connectivity index (χ1) is 10.7. The highest BCUT2D eigenvalue weighted by molar-refractivity contribution is 7.10. The van der Waals surface area contributed by atoms with Crippen LogP contribution in [0.15, 0.2) is 41.8 Å². The van der Waals surface area contributed by atoms with Crippen molar-refractivity contribution < 1.29 is 14.2 Å². The number of aliphatic hydroxyl groups is 1. The average Bonchev–Trinajstić information content (AvgIpc) is 3.04. The van der Waals surface area contributed by atoms with Gasteiger partial charge in [0.15, 0.2) is 0 Å². The van der Waals surface area contributed by atoms with E-state index in [1.54, 1.807) is 23.5 Å². The Hall–Kier alpha value is -1.43. The topological polar surface area (TPSA) is 32.7 Å². The van der Waals surface area contributed by atoms with E-state index in [1.807, 2.05) is 17.5 Å². The van der Waals surface area contributed by atoms with Gasteiger partial charge in [-0.1, -0.05) is 12.1 Å². The van der Waals surface area contributed by atoms with Gasteiger partial charge in [0.2, 0.25) is 0 Å². The number of nitrogens with zero attached hydrogens (tertiary/aromatic N) is 1. The van der Waals surface area contributed by atoms with E-state index in [0.29, 0.717) is 12.3 Å². The molecule has 1 aliphatic rings. The molecule has 1 fully saturated rings. The summed E-state index contributed by atoms with van der Waals surface area (Å²) < 4.78 is 19.0. The average molecular weight is 321 g/mol. The molecule has 1 aromatic heterocycles. The summed E-state index contributed by atoms with van der Waals surface area (Å²) in [6.45, 7) is 2.44. The number of rotatable bonds is 5. The summed E-state index contributed by atoms with van der Waals surface area (Å²) in [5, 5.41) is 12.2. The van der Waals surface area contributed by atoms with Gasteiger partial charge in [-0.25, -0.2) is 4.39 Å². The zero-order valence-electron chi connectivity index (χ0n) is 12.3. The number of ether oxygens (including phenoxy) is 1. The molecule has 3 rings (SSSR count). The van der Waals surface area contributed by atoms with E-state index in [4.69, 9.17) is 4.74 Å². The SMILES string of the molecule is O[C@H](CN1CCC(Oc2cccc(F)c2)CC1)c1cccs1. The zero-order chi connectivity index (χ0) is 15.4. The summed E-state index contributed by atoms with van der Waals surface area (Å²) in [6, 6.07) is 10.2. The Bertz CT molecular complexity index is 582. The molecule has 1 saturated heterocycles. The van der Waals surface area contributed by atoms with Crippen molar-refractivity contribution in [3.63, 3.8) is 0 Å². The third kappa shape index (κ3) is 4.06. The van der Waals surface area contributed by atoms with Crippen LogP contribution in [0.5, 0.6) is 5.75 Å². The summed E-state index contributed by atoms with van der Waals surface area (Å²) in [6.07, 6.45) is 1.50. The highest BCUT2D eigenvalue weighted by Crippen LogP contribution is 2.23. The first kappa shape index (κ1) is 15.5. The van der Waals surface area contributed by atoms with Gasteiger partial charge in [-0.2, -0.15) is 0 Å². The van der Waals surface area contributed by atoms with Crippen LogP contribution in [0.1, 0.15) is 23.8 Å². The Morgan fingerprint density at radius 1 is 1.27 bits per heavy atom. The highest BCUT2D eigenvalue weighted by atomic mass is 32.1. The van der Waals surface area contributed by atoms with E-state index in [0.717, 1.165) is 30.8 Å². The number of benzene rings is 1. The summed E-state index contributed by atoms with van der Waals surface area (Å²) in [4.78, 5) is 3.27. The summed E-state index contributed by atoms with van der Waals surface area (Å²) in [5.41, 5.74) is 0. The Morgan fingerprint density at radius 3 is 2.77 bits per heavy atom. The van der Waals surface area contributed by atoms with E-state index in [2.05, 4.69) is 4.90 Å². The Kier molecular flexibility index (Phi) is 5.08. The number of hydrogen-bond acceptors (Lipinski definition) is 4. The second-order valence-electron chi connectivity index (χ2n) is 5.61. The van der Waals surface area contributed by atoms with Crippen LogP contribution in [-0.2, 0) is 0 Å². The fourth-order valence-corrected chi connectivity index (χ4v) is 3.46. The molecule has 1 atom stereocenters. The number of piperidine rings is 1. The fourth-order valence-electron chi connectivity index (χ4n) is 2.76. The minimum atomic E-state index is -0.416. The van der Waals surface area contributed by atoms with E-state index < -0.39 is 6.10 Å². The van der Waals surface area contributed by atoms with Crippen molar-refractivity contribution in [1.82, 2.24) is 4.90 Å². The van der Waals surface area contributed by atoms with Gasteiger partial charge in [-0.05, 0) is 36.4 Å². The Balaban J connectivity index is 1.46. The Morgan fingerprint density at radius 2 is 2.09 bits per heavy atom. The highest BCUT2D eigenvalue weighted by Gasteiger charge is 2.23. The molecule has 22 heavy (non-hydrogen) atoms. The van der Waals surface area contributed by atoms with Gasteiger partial charge >= 0.3 is 0 Å². The van der Waals surface area contributed by atoms with Crippen LogP contribution in [0.2, 0.25) is 0 Å². The fraction of sp³-hybridized carbons (Fsp3) is 0.412. The lowest BCUT2D eigenvalue weighted by atomic mass is 10.1. The predicted octanol–water partition coefficient (Wildman–Crippen LogP) is 3.46. The molecular formula is C17H20FNO2S. The molecule has 0 unspecified atom stereocenters. The van der Waals surface area contributed by atoms with Crippen molar-refractivity contribution in [3.05, 3.63) is 52.5 Å². The molecule has 0 amide bonds. The van der Waals surface area contributed by atoms with Crippen LogP contribution in [-0.4, -0.2) is 35.7 Å². The number of aliphatic hydroxyl groups excluding tert-OH is 1. The lowest BCUT2D eigenvalue weighted by Crippen LogP contribution is -2.40. The maximum absolute atomic E-state index is 13.1. The molecule has 5 heteroatoms. The summed E-state index contributed by atoms with van der Waals surface area (Å²) in [7, 11) is 0. The van der Waals surface area contributed by atoms with Gasteiger partial charge < -0.3 is 14.7 Å². The van der Waals surface area contributed by atoms with Crippen LogP contribution >= 0.6 is 11.3 Å². The van der Waals surface area contributed by atoms with Crippen LogP contribution in [0.4, 0.5) is 4.39 Å². The van der Waals surface area contributed by atoms with E-state index in [-0.39, 0.29) is 11.9 Å². The van der Waals surface area contributed by atoms with Crippen LogP contribution in [0.25, 0.3) is 0 Å². The van der Waals surface area contributed by atoms with Gasteiger partial charge in [0.05, 0.1) is 0 Å². The number of halogens is 1. The quantitative estimate of drug-likeness (QED) is 0.915. The number of β-amino-alcohol motifs (C(OH)–C–C–N with tert-alkyl or cyclic N) is 1. The van der Waals surface area contributed by atoms with Crippen molar-refractivity contribution in [3.8, 4) is 5.75 Å². The smallest absolute Gasteiger partial charge is 0.126 e. The molecule has 1 aliphatic heterocycles. The second kappa shape index (κ2) is 7.22. The van der Waals surface area contributed by atoms with Gasteiger partial charge in [0.25, 0.3) is 0 Å². The molecule has 2 aromatic rings. The normalized spacial score (nSPS) is 18.3. The minimum absolute atomic E-state index is 0.122. The van der Waals surface area contributed by atoms with Crippen molar-refractivity contribution in [2.24, 2.45) is 0 Å². The molecular weight excluding hydrogens is 301 g/mol. The third-order valence-electron chi connectivity index (χ3n) is 3.94. The van der Waals surface area contributed by atoms with Gasteiger partial charge in [0.1, 0.15) is 23.8 Å². The molecule has 2 heterocycles. The van der Waals surface area contributed by atoms with Crippen LogP contribution < -0.4 is 4.74 Å². The van der Waals surface area contributed by atoms with Crippen molar-refractivity contribution >= 4 is 11.3 Å². The molecule has 0 saturated carbocycles. The van der Waals surface area contributed by atoms with Crippen LogP contribution in [0.3, 0.4) is 0 Å². The standard InChI is InChI=1S/C17H20FNO2S/c18-13-3-1-4-15(11-13)21-14-6-8-19(9-7-14)12-16(20)17-5-2-10-22-17/h1-5,10-11,14,16,20H,6-9,12H2/t16-/m1/s1. The molecule has 0 radical (unpaired) electrons. The monoisotopic (exact) mass is 321 g/mol. The van der Waals surface area contributed by atoms with Gasteiger partial charge in [0, 0.05) is 30.6 Å². The number of hydrogen-bond donors (Lipinski definition) is 1. The van der Waals surface area contributed by atoms with Gasteiger partial charge in [-0.3, -0.25) is 0 Å². The lowest BCUT2D eigenvalue weighted by molar-refractivity contribution is 0.0621. The molecule has 0 aliphatic carbocycles. The predicted molar refractivity (Wildman–Crippen MR) is 85.8 cm³/mol. The van der Waals surface area contributed by atoms with Gasteiger partial charge in [-0.15, -0.1) is 11.3 Å². The van der Waals surface area contributed by atoms with E-state index in [9.17, 15) is 9.50 Å². The summed E-state index contributed by atoms with van der Waals surface area (Å²) >= 11 is 1.59. The number of likely N-dealkylation sites (tertiary alicyclic amines) is 1. The minimum Gasteiger partial charge on any atom is -0.490 e. The van der Waals surface area contributed by atoms with Crippen molar-refractivity contribution in [2.75, 3.05) is 19.6 Å². The maximum atomic E-state index is 13.1. The zero-order valence-corrected chi connectivity index (χ0v) is 13.1. The lowest BCUT2D eigenvalue weighted by Gasteiger charge is -2.33. The largest absolute Gasteiger partial charge is 0.490 e. The van der Waals surface area contributed by atoms with Crippen molar-refractivity contribution in [2.45, 2.75) is 25.0 Å². The van der Waals surface area contributed by atoms with Crippen molar-refractivity contribution in [1.29, 1.82) is 0 Å². The van der Waals surface area contributed by atoms with Crippen LogP contribution in [0, 0.1) is 5.82 Å². The molecule has 3 nitrogen and oxygen atoms in total.